The summed E-state index contributed by atoms with van der Waals surface area (Å²) in [5.41, 5.74) is 3.67. The van der Waals surface area contributed by atoms with Gasteiger partial charge in [0.05, 0.1) is 22.2 Å². The highest BCUT2D eigenvalue weighted by Crippen LogP contribution is 2.42. The molecule has 3 heterocycles. The maximum absolute atomic E-state index is 12.9. The zero-order valence-corrected chi connectivity index (χ0v) is 13.5. The van der Waals surface area contributed by atoms with Crippen LogP contribution in [0.25, 0.3) is 11.0 Å². The van der Waals surface area contributed by atoms with E-state index in [-0.39, 0.29) is 5.78 Å². The molecule has 1 N–H and O–H groups in total. The number of carbonyl (C=O) groups is 1. The summed E-state index contributed by atoms with van der Waals surface area (Å²) in [6.45, 7) is 1.89. The van der Waals surface area contributed by atoms with Gasteiger partial charge in [0.1, 0.15) is 5.75 Å². The third kappa shape index (κ3) is 1.70. The second kappa shape index (κ2) is 4.61. The minimum Gasteiger partial charge on any atom is -0.465 e. The van der Waals surface area contributed by atoms with Gasteiger partial charge in [0.25, 0.3) is 0 Å². The Morgan fingerprint density at radius 3 is 3.00 bits per heavy atom. The number of para-hydroxylation sites is 2. The summed E-state index contributed by atoms with van der Waals surface area (Å²) in [6, 6.07) is 11.3. The molecule has 0 spiro atoms. The van der Waals surface area contributed by atoms with Crippen molar-refractivity contribution in [2.75, 3.05) is 5.32 Å². The number of rotatable bonds is 0. The van der Waals surface area contributed by atoms with E-state index in [4.69, 9.17) is 16.3 Å². The lowest BCUT2D eigenvalue weighted by atomic mass is 9.97. The predicted molar refractivity (Wildman–Crippen MR) is 91.6 cm³/mol. The first-order valence-corrected chi connectivity index (χ1v) is 7.96. The second-order valence-corrected chi connectivity index (χ2v) is 6.34. The number of aryl methyl sites for hydroxylation is 1. The Hall–Kier alpha value is -2.79. The monoisotopic (exact) mass is 337 g/mol. The molecule has 24 heavy (non-hydrogen) atoms. The second-order valence-electron chi connectivity index (χ2n) is 5.94. The molecule has 2 aliphatic heterocycles. The van der Waals surface area contributed by atoms with E-state index in [2.05, 4.69) is 10.3 Å². The van der Waals surface area contributed by atoms with Crippen molar-refractivity contribution in [1.82, 2.24) is 9.55 Å². The molecule has 5 nitrogen and oxygen atoms in total. The quantitative estimate of drug-likeness (QED) is 0.671. The molecule has 0 saturated carbocycles. The smallest absolute Gasteiger partial charge is 0.211 e. The van der Waals surface area contributed by atoms with Crippen LogP contribution in [0.15, 0.2) is 48.2 Å². The van der Waals surface area contributed by atoms with Crippen molar-refractivity contribution in [2.45, 2.75) is 13.2 Å². The average molecular weight is 338 g/mol. The van der Waals surface area contributed by atoms with E-state index in [0.29, 0.717) is 27.9 Å². The van der Waals surface area contributed by atoms with Crippen LogP contribution in [0.1, 0.15) is 22.1 Å². The number of benzene rings is 2. The Bertz CT molecular complexity index is 1070. The van der Waals surface area contributed by atoms with Gasteiger partial charge in [0.2, 0.25) is 12.2 Å². The van der Waals surface area contributed by atoms with Crippen LogP contribution in [-0.2, 0) is 0 Å². The van der Waals surface area contributed by atoms with Crippen LogP contribution in [0.2, 0.25) is 5.02 Å². The predicted octanol–water partition coefficient (Wildman–Crippen LogP) is 4.08. The molecule has 0 aliphatic carbocycles. The van der Waals surface area contributed by atoms with E-state index < -0.39 is 6.23 Å². The Kier molecular flexibility index (Phi) is 2.62. The molecule has 5 rings (SSSR count). The van der Waals surface area contributed by atoms with Crippen LogP contribution in [-0.4, -0.2) is 15.3 Å². The van der Waals surface area contributed by atoms with Crippen molar-refractivity contribution < 1.29 is 9.53 Å². The van der Waals surface area contributed by atoms with Gasteiger partial charge in [0, 0.05) is 11.2 Å². The van der Waals surface area contributed by atoms with E-state index >= 15 is 0 Å². The standard InChI is InChI=1S/C18H12ClN3O2/c1-9-6-15-10(7-12(9)19)16(23)11-8-20-18-21-13-4-2-3-5-14(13)22(18)17(11)24-15/h2-8,17H,1H3,(H,20,21). The molecule has 0 radical (unpaired) electrons. The summed E-state index contributed by atoms with van der Waals surface area (Å²) < 4.78 is 8.08. The summed E-state index contributed by atoms with van der Waals surface area (Å²) in [4.78, 5) is 17.5. The lowest BCUT2D eigenvalue weighted by molar-refractivity contribution is 0.0901. The highest BCUT2D eigenvalue weighted by Gasteiger charge is 2.37. The third-order valence-corrected chi connectivity index (χ3v) is 4.87. The molecular formula is C18H12ClN3O2. The van der Waals surface area contributed by atoms with Crippen LogP contribution in [0.5, 0.6) is 5.75 Å². The molecule has 2 aromatic carbocycles. The summed E-state index contributed by atoms with van der Waals surface area (Å²) in [6.07, 6.45) is 1.14. The topological polar surface area (TPSA) is 56.2 Å². The van der Waals surface area contributed by atoms with Crippen LogP contribution in [0.4, 0.5) is 5.95 Å². The molecule has 6 heteroatoms. The van der Waals surface area contributed by atoms with Gasteiger partial charge in [-0.15, -0.1) is 0 Å². The molecule has 0 amide bonds. The van der Waals surface area contributed by atoms with E-state index in [1.807, 2.05) is 41.8 Å². The Balaban J connectivity index is 1.74. The van der Waals surface area contributed by atoms with Crippen molar-refractivity contribution >= 4 is 34.4 Å². The van der Waals surface area contributed by atoms with Gasteiger partial charge in [-0.25, -0.2) is 4.98 Å². The van der Waals surface area contributed by atoms with Gasteiger partial charge in [-0.05, 0) is 36.8 Å². The number of nitrogens with one attached hydrogen (secondary N) is 1. The number of Topliss-reactive ketones (excluding diaryl/α,β-unsaturated/α-hetero) is 1. The maximum atomic E-state index is 12.9. The van der Waals surface area contributed by atoms with Crippen molar-refractivity contribution in [1.29, 1.82) is 0 Å². The normalized spacial score (nSPS) is 18.2. The first kappa shape index (κ1) is 13.6. The van der Waals surface area contributed by atoms with Gasteiger partial charge in [0.15, 0.2) is 5.78 Å². The summed E-state index contributed by atoms with van der Waals surface area (Å²) in [5, 5.41) is 3.65. The molecule has 3 aromatic rings. The molecule has 0 fully saturated rings. The number of anilines is 1. The minimum absolute atomic E-state index is 0.0842. The first-order chi connectivity index (χ1) is 11.6. The van der Waals surface area contributed by atoms with Crippen molar-refractivity contribution in [3.8, 4) is 5.75 Å². The molecule has 0 bridgehead atoms. The van der Waals surface area contributed by atoms with Crippen molar-refractivity contribution in [2.24, 2.45) is 0 Å². The number of nitrogens with zero attached hydrogens (tertiary/aromatic N) is 2. The van der Waals surface area contributed by atoms with E-state index in [0.717, 1.165) is 16.6 Å². The minimum atomic E-state index is -0.533. The molecule has 118 valence electrons. The fraction of sp³-hybridized carbons (Fsp3) is 0.111. The number of hydrogen-bond acceptors (Lipinski definition) is 4. The van der Waals surface area contributed by atoms with Gasteiger partial charge >= 0.3 is 0 Å². The van der Waals surface area contributed by atoms with Crippen LogP contribution >= 0.6 is 11.6 Å². The Morgan fingerprint density at radius 2 is 2.12 bits per heavy atom. The SMILES string of the molecule is Cc1cc2c(cc1Cl)C(=O)C1=CNc3nc4ccccc4n3C1O2. The zero-order valence-electron chi connectivity index (χ0n) is 12.7. The largest absolute Gasteiger partial charge is 0.465 e. The summed E-state index contributed by atoms with van der Waals surface area (Å²) in [5.74, 6) is 1.13. The summed E-state index contributed by atoms with van der Waals surface area (Å²) in [7, 11) is 0. The number of fused-ring (bicyclic) bond motifs is 6. The Labute approximate surface area is 142 Å². The van der Waals surface area contributed by atoms with Gasteiger partial charge in [-0.3, -0.25) is 9.36 Å². The molecule has 2 aliphatic rings. The van der Waals surface area contributed by atoms with Crippen LogP contribution in [0.3, 0.4) is 0 Å². The van der Waals surface area contributed by atoms with Crippen molar-refractivity contribution in [3.63, 3.8) is 0 Å². The molecule has 0 saturated heterocycles. The van der Waals surface area contributed by atoms with Gasteiger partial charge in [-0.1, -0.05) is 23.7 Å². The number of imidazole rings is 1. The van der Waals surface area contributed by atoms with Crippen LogP contribution in [0, 0.1) is 6.92 Å². The highest BCUT2D eigenvalue weighted by molar-refractivity contribution is 6.32. The zero-order chi connectivity index (χ0) is 16.4. The fourth-order valence-corrected chi connectivity index (χ4v) is 3.40. The number of halogens is 1. The highest BCUT2D eigenvalue weighted by atomic mass is 35.5. The molecule has 1 aromatic heterocycles. The number of aromatic nitrogens is 2. The number of carbonyl (C=O) groups excluding carboxylic acids is 1. The number of ether oxygens (including phenoxy) is 1. The maximum Gasteiger partial charge on any atom is 0.211 e. The molecule has 1 unspecified atom stereocenters. The van der Waals surface area contributed by atoms with Crippen molar-refractivity contribution in [3.05, 3.63) is 64.3 Å². The lowest BCUT2D eigenvalue weighted by Gasteiger charge is -2.32. The fourth-order valence-electron chi connectivity index (χ4n) is 3.24. The Morgan fingerprint density at radius 1 is 1.29 bits per heavy atom. The van der Waals surface area contributed by atoms with E-state index in [1.54, 1.807) is 12.3 Å². The van der Waals surface area contributed by atoms with E-state index in [9.17, 15) is 4.79 Å². The summed E-state index contributed by atoms with van der Waals surface area (Å²) >= 11 is 6.17. The average Bonchev–Trinajstić information content (AvgIpc) is 2.96. The van der Waals surface area contributed by atoms with Crippen LogP contribution < -0.4 is 10.1 Å². The first-order valence-electron chi connectivity index (χ1n) is 7.58. The van der Waals surface area contributed by atoms with Gasteiger partial charge < -0.3 is 10.1 Å². The third-order valence-electron chi connectivity index (χ3n) is 4.46. The van der Waals surface area contributed by atoms with E-state index in [1.165, 1.54) is 0 Å². The molecular weight excluding hydrogens is 326 g/mol. The number of hydrogen-bond donors (Lipinski definition) is 1. The lowest BCUT2D eigenvalue weighted by Crippen LogP contribution is -2.32. The number of ketones is 1. The molecule has 1 atom stereocenters. The van der Waals surface area contributed by atoms with Gasteiger partial charge in [-0.2, -0.15) is 0 Å².